The van der Waals surface area contributed by atoms with E-state index in [4.69, 9.17) is 5.73 Å². The Balaban J connectivity index is 1.62. The van der Waals surface area contributed by atoms with Gasteiger partial charge in [-0.25, -0.2) is 13.8 Å². The first kappa shape index (κ1) is 25.8. The molecule has 0 aromatic carbocycles. The number of pyridine rings is 1. The molecule has 9 nitrogen and oxygen atoms in total. The minimum atomic E-state index is -4.80. The molecule has 0 aliphatic heterocycles. The van der Waals surface area contributed by atoms with E-state index in [0.29, 0.717) is 28.3 Å². The van der Waals surface area contributed by atoms with Crippen molar-refractivity contribution in [1.29, 1.82) is 0 Å². The van der Waals surface area contributed by atoms with Gasteiger partial charge in [-0.15, -0.1) is 11.3 Å². The van der Waals surface area contributed by atoms with Gasteiger partial charge < -0.3 is 11.1 Å². The number of aryl methyl sites for hydroxylation is 1. The zero-order valence-electron chi connectivity index (χ0n) is 19.9. The normalized spacial score (nSPS) is 14.0. The van der Waals surface area contributed by atoms with Crippen LogP contribution in [0.25, 0.3) is 21.3 Å². The van der Waals surface area contributed by atoms with Crippen molar-refractivity contribution < 1.29 is 31.5 Å². The van der Waals surface area contributed by atoms with Gasteiger partial charge in [0.1, 0.15) is 27.6 Å². The van der Waals surface area contributed by atoms with Gasteiger partial charge in [-0.05, 0) is 37.5 Å². The van der Waals surface area contributed by atoms with Crippen LogP contribution in [0.4, 0.5) is 27.6 Å². The first-order valence-electron chi connectivity index (χ1n) is 11.3. The summed E-state index contributed by atoms with van der Waals surface area (Å²) in [6.07, 6.45) is -4.69. The number of nitrogens with one attached hydrogen (secondary N) is 1. The number of halogens is 5. The molecule has 200 valence electrons. The van der Waals surface area contributed by atoms with E-state index in [1.807, 2.05) is 0 Å². The van der Waals surface area contributed by atoms with E-state index in [-0.39, 0.29) is 32.3 Å². The molecule has 5 rings (SSSR count). The number of anilines is 1. The van der Waals surface area contributed by atoms with E-state index < -0.39 is 42.3 Å². The van der Waals surface area contributed by atoms with Gasteiger partial charge in [-0.2, -0.15) is 23.4 Å². The Labute approximate surface area is 215 Å². The molecule has 3 N–H and O–H groups in total. The number of thiophene rings is 1. The van der Waals surface area contributed by atoms with E-state index in [1.165, 1.54) is 16.9 Å². The van der Waals surface area contributed by atoms with Gasteiger partial charge in [0.05, 0.1) is 17.6 Å². The summed E-state index contributed by atoms with van der Waals surface area (Å²) in [6, 6.07) is 2.07. The number of hydrogen-bond acceptors (Lipinski definition) is 6. The van der Waals surface area contributed by atoms with Crippen LogP contribution in [0, 0.1) is 6.92 Å². The minimum Gasteiger partial charge on any atom is -0.365 e. The van der Waals surface area contributed by atoms with Crippen LogP contribution in [-0.2, 0) is 24.6 Å². The lowest BCUT2D eigenvalue weighted by Crippen LogP contribution is -2.22. The Bertz CT molecular complexity index is 1580. The van der Waals surface area contributed by atoms with Crippen molar-refractivity contribution in [2.75, 3.05) is 5.32 Å². The summed E-state index contributed by atoms with van der Waals surface area (Å²) >= 11 is 0.586. The molecule has 0 bridgehead atoms. The first-order valence-corrected chi connectivity index (χ1v) is 12.2. The molecular weight excluding hydrogens is 533 g/mol. The second-order valence-electron chi connectivity index (χ2n) is 8.95. The molecule has 1 aliphatic rings. The van der Waals surface area contributed by atoms with Crippen LogP contribution in [-0.4, -0.2) is 36.4 Å². The Morgan fingerprint density at radius 2 is 1.95 bits per heavy atom. The number of rotatable bonds is 7. The third-order valence-electron chi connectivity index (χ3n) is 6.31. The summed E-state index contributed by atoms with van der Waals surface area (Å²) in [5.41, 5.74) is 5.02. The highest BCUT2D eigenvalue weighted by Gasteiger charge is 2.36. The molecule has 0 atom stereocenters. The van der Waals surface area contributed by atoms with E-state index in [1.54, 1.807) is 14.0 Å². The SMILES string of the molecule is Cc1c(-c2cc(C(F)(F)F)nc3sc(C(N)=O)c(NC(=O)Cn4nc(C5CC5)cc4C(F)F)c23)cnn1C. The quantitative estimate of drug-likeness (QED) is 0.320. The van der Waals surface area contributed by atoms with Crippen molar-refractivity contribution in [3.8, 4) is 11.1 Å². The van der Waals surface area contributed by atoms with Gasteiger partial charge in [0.2, 0.25) is 5.91 Å². The topological polar surface area (TPSA) is 121 Å². The number of carbonyl (C=O) groups excluding carboxylic acids is 2. The van der Waals surface area contributed by atoms with Crippen LogP contribution < -0.4 is 11.1 Å². The number of hydrogen-bond donors (Lipinski definition) is 2. The van der Waals surface area contributed by atoms with Gasteiger partial charge in [-0.1, -0.05) is 0 Å². The Morgan fingerprint density at radius 1 is 1.24 bits per heavy atom. The highest BCUT2D eigenvalue weighted by Crippen LogP contribution is 2.44. The molecule has 2 amide bonds. The third-order valence-corrected chi connectivity index (χ3v) is 7.41. The summed E-state index contributed by atoms with van der Waals surface area (Å²) in [5, 5.41) is 10.8. The van der Waals surface area contributed by atoms with E-state index in [9.17, 15) is 31.5 Å². The van der Waals surface area contributed by atoms with Crippen molar-refractivity contribution in [1.82, 2.24) is 24.5 Å². The molecule has 4 aromatic heterocycles. The van der Waals surface area contributed by atoms with Crippen LogP contribution in [0.15, 0.2) is 18.3 Å². The molecule has 0 saturated heterocycles. The Hall–Kier alpha value is -3.88. The second kappa shape index (κ2) is 9.15. The van der Waals surface area contributed by atoms with Crippen LogP contribution in [0.3, 0.4) is 0 Å². The number of nitrogens with zero attached hydrogens (tertiary/aromatic N) is 5. The lowest BCUT2D eigenvalue weighted by molar-refractivity contribution is -0.140. The lowest BCUT2D eigenvalue weighted by atomic mass is 10.0. The molecule has 15 heteroatoms. The smallest absolute Gasteiger partial charge is 0.365 e. The van der Waals surface area contributed by atoms with Crippen LogP contribution in [0.5, 0.6) is 0 Å². The van der Waals surface area contributed by atoms with Crippen molar-refractivity contribution in [2.24, 2.45) is 12.8 Å². The van der Waals surface area contributed by atoms with Crippen molar-refractivity contribution >= 4 is 39.1 Å². The number of amides is 2. The standard InChI is InChI=1S/C23H20F5N7O2S/c1-9-12(7-30-34(9)2)11-5-15(23(26,27)28)31-22-17(11)18(19(38-22)21(29)37)32-16(36)8-35-14(20(24)25)6-13(33-35)10-3-4-10/h5-7,10,20H,3-4,8H2,1-2H3,(H2,29,37)(H,32,36). The fraction of sp³-hybridized carbons (Fsp3) is 0.348. The largest absolute Gasteiger partial charge is 0.433 e. The molecule has 0 unspecified atom stereocenters. The summed E-state index contributed by atoms with van der Waals surface area (Å²) in [7, 11) is 1.60. The van der Waals surface area contributed by atoms with Crippen molar-refractivity contribution in [2.45, 2.75) is 44.8 Å². The monoisotopic (exact) mass is 553 g/mol. The average molecular weight is 554 g/mol. The van der Waals surface area contributed by atoms with E-state index in [0.717, 1.165) is 23.6 Å². The maximum Gasteiger partial charge on any atom is 0.433 e. The predicted octanol–water partition coefficient (Wildman–Crippen LogP) is 4.77. The molecular formula is C23H20F5N7O2S. The first-order chi connectivity index (χ1) is 17.8. The highest BCUT2D eigenvalue weighted by molar-refractivity contribution is 7.21. The highest BCUT2D eigenvalue weighted by atomic mass is 32.1. The fourth-order valence-electron chi connectivity index (χ4n) is 4.16. The zero-order valence-corrected chi connectivity index (χ0v) is 20.8. The average Bonchev–Trinajstić information content (AvgIpc) is 3.37. The number of carbonyl (C=O) groups is 2. The molecule has 1 aliphatic carbocycles. The zero-order chi connectivity index (χ0) is 27.5. The number of aromatic nitrogens is 5. The summed E-state index contributed by atoms with van der Waals surface area (Å²) in [4.78, 5) is 28.5. The lowest BCUT2D eigenvalue weighted by Gasteiger charge is -2.13. The van der Waals surface area contributed by atoms with Crippen LogP contribution >= 0.6 is 11.3 Å². The molecule has 4 heterocycles. The molecule has 1 fully saturated rings. The van der Waals surface area contributed by atoms with E-state index >= 15 is 0 Å². The maximum absolute atomic E-state index is 13.7. The van der Waals surface area contributed by atoms with Crippen molar-refractivity contribution in [3.63, 3.8) is 0 Å². The van der Waals surface area contributed by atoms with Gasteiger partial charge >= 0.3 is 6.18 Å². The van der Waals surface area contributed by atoms with Gasteiger partial charge in [-0.3, -0.25) is 19.0 Å². The second-order valence-corrected chi connectivity index (χ2v) is 9.94. The minimum absolute atomic E-state index is 0.0235. The summed E-state index contributed by atoms with van der Waals surface area (Å²) in [6.45, 7) is 1.03. The Kier molecular flexibility index (Phi) is 6.20. The van der Waals surface area contributed by atoms with Gasteiger partial charge in [0, 0.05) is 29.6 Å². The summed E-state index contributed by atoms with van der Waals surface area (Å²) < 4.78 is 70.6. The molecule has 38 heavy (non-hydrogen) atoms. The molecule has 4 aromatic rings. The van der Waals surface area contributed by atoms with Crippen LogP contribution in [0.1, 0.15) is 57.6 Å². The van der Waals surface area contributed by atoms with Gasteiger partial charge in [0.25, 0.3) is 12.3 Å². The van der Waals surface area contributed by atoms with Crippen molar-refractivity contribution in [3.05, 3.63) is 46.0 Å². The molecule has 0 spiro atoms. The van der Waals surface area contributed by atoms with Gasteiger partial charge in [0.15, 0.2) is 0 Å². The molecule has 0 radical (unpaired) electrons. The van der Waals surface area contributed by atoms with E-state index in [2.05, 4.69) is 20.5 Å². The number of fused-ring (bicyclic) bond motifs is 1. The number of alkyl halides is 5. The molecule has 1 saturated carbocycles. The summed E-state index contributed by atoms with van der Waals surface area (Å²) in [5.74, 6) is -1.76. The van der Waals surface area contributed by atoms with Crippen LogP contribution in [0.2, 0.25) is 0 Å². The fourth-order valence-corrected chi connectivity index (χ4v) is 5.17. The maximum atomic E-state index is 13.7. The third kappa shape index (κ3) is 4.61. The number of primary amides is 1. The number of nitrogens with two attached hydrogens (primary N) is 1. The Morgan fingerprint density at radius 3 is 2.50 bits per heavy atom. The predicted molar refractivity (Wildman–Crippen MR) is 128 cm³/mol.